The van der Waals surface area contributed by atoms with Crippen LogP contribution in [0.2, 0.25) is 0 Å². The first-order chi connectivity index (χ1) is 8.86. The summed E-state index contributed by atoms with van der Waals surface area (Å²) < 4.78 is 5.50. The van der Waals surface area contributed by atoms with E-state index in [1.54, 1.807) is 6.08 Å². The van der Waals surface area contributed by atoms with Gasteiger partial charge >= 0.3 is 0 Å². The van der Waals surface area contributed by atoms with Crippen LogP contribution in [0.25, 0.3) is 6.08 Å². The first-order valence-corrected chi connectivity index (χ1v) is 5.95. The van der Waals surface area contributed by atoms with E-state index in [4.69, 9.17) is 9.57 Å². The van der Waals surface area contributed by atoms with E-state index >= 15 is 0 Å². The Hall–Kier alpha value is -2.03. The fourth-order valence-electron chi connectivity index (χ4n) is 1.33. The number of ether oxygens (including phenoxy) is 1. The van der Waals surface area contributed by atoms with Gasteiger partial charge in [0.2, 0.25) is 5.90 Å². The Morgan fingerprint density at radius 3 is 2.78 bits per heavy atom. The fraction of sp³-hybridized carbons (Fsp3) is 0.267. The molecule has 18 heavy (non-hydrogen) atoms. The van der Waals surface area contributed by atoms with Crippen molar-refractivity contribution in [2.75, 3.05) is 13.7 Å². The molecule has 0 saturated carbocycles. The molecule has 3 nitrogen and oxygen atoms in total. The van der Waals surface area contributed by atoms with Crippen LogP contribution in [-0.2, 0) is 9.57 Å². The summed E-state index contributed by atoms with van der Waals surface area (Å²) in [5.41, 5.74) is 1.09. The predicted molar refractivity (Wildman–Crippen MR) is 75.3 cm³/mol. The molecule has 3 heteroatoms. The minimum atomic E-state index is 0.477. The molecule has 0 heterocycles. The Bertz CT molecular complexity index is 396. The van der Waals surface area contributed by atoms with Crippen LogP contribution >= 0.6 is 0 Å². The zero-order valence-corrected chi connectivity index (χ0v) is 10.7. The van der Waals surface area contributed by atoms with E-state index in [1.807, 2.05) is 42.5 Å². The molecule has 1 rings (SSSR count). The number of hydrogen-bond donors (Lipinski definition) is 0. The molecule has 96 valence electrons. The van der Waals surface area contributed by atoms with Crippen molar-refractivity contribution in [3.05, 3.63) is 54.6 Å². The van der Waals surface area contributed by atoms with Gasteiger partial charge in [0.15, 0.2) is 0 Å². The summed E-state index contributed by atoms with van der Waals surface area (Å²) >= 11 is 0. The van der Waals surface area contributed by atoms with E-state index in [-0.39, 0.29) is 0 Å². The highest BCUT2D eigenvalue weighted by Crippen LogP contribution is 2.02. The van der Waals surface area contributed by atoms with Crippen LogP contribution in [0.4, 0.5) is 0 Å². The molecule has 0 N–H and O–H groups in total. The summed E-state index contributed by atoms with van der Waals surface area (Å²) in [5, 5.41) is 3.82. The van der Waals surface area contributed by atoms with Gasteiger partial charge in [-0.05, 0) is 29.6 Å². The van der Waals surface area contributed by atoms with E-state index in [0.29, 0.717) is 12.5 Å². The van der Waals surface area contributed by atoms with Crippen molar-refractivity contribution < 1.29 is 9.57 Å². The Kier molecular flexibility index (Phi) is 7.05. The quantitative estimate of drug-likeness (QED) is 0.241. The molecular formula is C15H19NO2. The molecule has 0 aliphatic rings. The van der Waals surface area contributed by atoms with Crippen molar-refractivity contribution in [2.45, 2.75) is 12.8 Å². The summed E-state index contributed by atoms with van der Waals surface area (Å²) in [6.45, 7) is 4.27. The van der Waals surface area contributed by atoms with Gasteiger partial charge in [0, 0.05) is 6.08 Å². The first kappa shape index (κ1) is 14.0. The van der Waals surface area contributed by atoms with Crippen LogP contribution < -0.4 is 0 Å². The Morgan fingerprint density at radius 2 is 2.11 bits per heavy atom. The number of rotatable bonds is 7. The third-order valence-corrected chi connectivity index (χ3v) is 2.20. The standard InChI is InChI=1S/C15H19NO2/c1-3-4-8-13-18-15(16-17-2)12-11-14-9-6-5-7-10-14/h3,5-7,9-12H,1,4,8,13H2,2H3/b12-11+,16-15+. The van der Waals surface area contributed by atoms with Crippen LogP contribution in [0.5, 0.6) is 0 Å². The van der Waals surface area contributed by atoms with Gasteiger partial charge in [-0.2, -0.15) is 0 Å². The maximum absolute atomic E-state index is 5.50. The summed E-state index contributed by atoms with van der Waals surface area (Å²) in [4.78, 5) is 4.74. The molecule has 0 radical (unpaired) electrons. The van der Waals surface area contributed by atoms with Crippen LogP contribution in [0.1, 0.15) is 18.4 Å². The molecule has 0 bridgehead atoms. The second-order valence-electron chi connectivity index (χ2n) is 3.64. The van der Waals surface area contributed by atoms with Gasteiger partial charge in [-0.3, -0.25) is 0 Å². The van der Waals surface area contributed by atoms with Crippen LogP contribution in [0.3, 0.4) is 0 Å². The topological polar surface area (TPSA) is 30.8 Å². The Morgan fingerprint density at radius 1 is 1.33 bits per heavy atom. The Balaban J connectivity index is 2.50. The molecule has 0 unspecified atom stereocenters. The molecule has 0 aliphatic carbocycles. The first-order valence-electron chi connectivity index (χ1n) is 5.95. The largest absolute Gasteiger partial charge is 0.476 e. The number of nitrogens with zero attached hydrogens (tertiary/aromatic N) is 1. The van der Waals surface area contributed by atoms with E-state index in [1.165, 1.54) is 7.11 Å². The number of benzene rings is 1. The summed E-state index contributed by atoms with van der Waals surface area (Å²) in [6.07, 6.45) is 7.46. The van der Waals surface area contributed by atoms with E-state index in [2.05, 4.69) is 11.7 Å². The van der Waals surface area contributed by atoms with Crippen LogP contribution in [0, 0.1) is 0 Å². The second-order valence-corrected chi connectivity index (χ2v) is 3.64. The summed E-state index contributed by atoms with van der Waals surface area (Å²) in [5.74, 6) is 0.477. The number of allylic oxidation sites excluding steroid dienone is 1. The highest BCUT2D eigenvalue weighted by molar-refractivity contribution is 5.91. The lowest BCUT2D eigenvalue weighted by Gasteiger charge is -2.03. The molecule has 0 amide bonds. The van der Waals surface area contributed by atoms with Crippen molar-refractivity contribution in [3.8, 4) is 0 Å². The smallest absolute Gasteiger partial charge is 0.250 e. The summed E-state index contributed by atoms with van der Waals surface area (Å²) in [7, 11) is 1.50. The molecule has 1 aromatic rings. The van der Waals surface area contributed by atoms with E-state index in [0.717, 1.165) is 18.4 Å². The number of oxime groups is 1. The average molecular weight is 245 g/mol. The van der Waals surface area contributed by atoms with Crippen molar-refractivity contribution in [1.29, 1.82) is 0 Å². The van der Waals surface area contributed by atoms with Gasteiger partial charge in [-0.15, -0.1) is 6.58 Å². The SMILES string of the molecule is C=CCCCOC(/C=C/c1ccccc1)=N/OC. The molecular weight excluding hydrogens is 226 g/mol. The van der Waals surface area contributed by atoms with Gasteiger partial charge in [0.1, 0.15) is 7.11 Å². The molecule has 0 aliphatic heterocycles. The zero-order valence-electron chi connectivity index (χ0n) is 10.7. The van der Waals surface area contributed by atoms with E-state index < -0.39 is 0 Å². The molecule has 0 aromatic heterocycles. The van der Waals surface area contributed by atoms with Gasteiger partial charge in [0.25, 0.3) is 0 Å². The summed E-state index contributed by atoms with van der Waals surface area (Å²) in [6, 6.07) is 9.97. The maximum atomic E-state index is 5.50. The van der Waals surface area contributed by atoms with E-state index in [9.17, 15) is 0 Å². The second kappa shape index (κ2) is 9.05. The van der Waals surface area contributed by atoms with Crippen molar-refractivity contribution >= 4 is 12.0 Å². The van der Waals surface area contributed by atoms with Gasteiger partial charge < -0.3 is 9.57 Å². The molecule has 0 atom stereocenters. The maximum Gasteiger partial charge on any atom is 0.250 e. The lowest BCUT2D eigenvalue weighted by molar-refractivity contribution is 0.191. The Labute approximate surface area is 108 Å². The lowest BCUT2D eigenvalue weighted by atomic mass is 10.2. The fourth-order valence-corrected chi connectivity index (χ4v) is 1.33. The van der Waals surface area contributed by atoms with Crippen molar-refractivity contribution in [1.82, 2.24) is 0 Å². The van der Waals surface area contributed by atoms with Gasteiger partial charge in [0.05, 0.1) is 6.61 Å². The number of hydrogen-bond acceptors (Lipinski definition) is 3. The normalized spacial score (nSPS) is 11.5. The lowest BCUT2D eigenvalue weighted by Crippen LogP contribution is -2.03. The number of unbranched alkanes of at least 4 members (excludes halogenated alkanes) is 1. The molecule has 0 fully saturated rings. The molecule has 0 saturated heterocycles. The minimum Gasteiger partial charge on any atom is -0.476 e. The predicted octanol–water partition coefficient (Wildman–Crippen LogP) is 3.64. The third kappa shape index (κ3) is 5.89. The monoisotopic (exact) mass is 245 g/mol. The highest BCUT2D eigenvalue weighted by atomic mass is 16.6. The molecule has 1 aromatic carbocycles. The highest BCUT2D eigenvalue weighted by Gasteiger charge is 1.96. The third-order valence-electron chi connectivity index (χ3n) is 2.20. The molecule has 0 spiro atoms. The van der Waals surface area contributed by atoms with Crippen LogP contribution in [0.15, 0.2) is 54.2 Å². The average Bonchev–Trinajstić information content (AvgIpc) is 2.42. The van der Waals surface area contributed by atoms with Crippen molar-refractivity contribution in [2.24, 2.45) is 5.16 Å². The zero-order chi connectivity index (χ0) is 13.1. The van der Waals surface area contributed by atoms with Crippen molar-refractivity contribution in [3.63, 3.8) is 0 Å². The van der Waals surface area contributed by atoms with Crippen LogP contribution in [-0.4, -0.2) is 19.6 Å². The van der Waals surface area contributed by atoms with Gasteiger partial charge in [-0.1, -0.05) is 36.4 Å². The van der Waals surface area contributed by atoms with Gasteiger partial charge in [-0.25, -0.2) is 0 Å². The minimum absolute atomic E-state index is 0.477.